The standard InChI is InChI=1S/C14H24N6O3/c1-5-18(6-2)14-16-12(15)11(20(21)22)13(17-14)19-7-9(3)23-10(4)8-19/h9-10H,5-8H2,1-4H3,(H2,15,16,17)/t9-,10+. The van der Waals surface area contributed by atoms with E-state index >= 15 is 0 Å². The van der Waals surface area contributed by atoms with Crippen molar-refractivity contribution in [1.82, 2.24) is 9.97 Å². The number of nitro groups is 1. The van der Waals surface area contributed by atoms with Crippen LogP contribution in [0.4, 0.5) is 23.3 Å². The Balaban J connectivity index is 2.51. The van der Waals surface area contributed by atoms with Gasteiger partial charge in [-0.1, -0.05) is 0 Å². The lowest BCUT2D eigenvalue weighted by Crippen LogP contribution is -2.46. The Morgan fingerprint density at radius 2 is 1.87 bits per heavy atom. The normalized spacial score (nSPS) is 21.3. The number of nitrogens with two attached hydrogens (primary N) is 1. The molecule has 1 aliphatic rings. The summed E-state index contributed by atoms with van der Waals surface area (Å²) < 4.78 is 5.69. The molecule has 1 aromatic rings. The van der Waals surface area contributed by atoms with Gasteiger partial charge in [0.25, 0.3) is 0 Å². The van der Waals surface area contributed by atoms with Crippen molar-refractivity contribution in [1.29, 1.82) is 0 Å². The second-order valence-corrected chi connectivity index (χ2v) is 5.67. The van der Waals surface area contributed by atoms with E-state index in [1.807, 2.05) is 37.5 Å². The Kier molecular flexibility index (Phi) is 5.19. The lowest BCUT2D eigenvalue weighted by Gasteiger charge is -2.36. The maximum absolute atomic E-state index is 11.4. The van der Waals surface area contributed by atoms with E-state index in [2.05, 4.69) is 9.97 Å². The maximum atomic E-state index is 11.4. The molecule has 0 bridgehead atoms. The van der Waals surface area contributed by atoms with E-state index < -0.39 is 4.92 Å². The van der Waals surface area contributed by atoms with Crippen molar-refractivity contribution in [2.45, 2.75) is 39.9 Å². The molecule has 0 amide bonds. The number of aromatic nitrogens is 2. The Hall–Kier alpha value is -2.16. The number of ether oxygens (including phenoxy) is 1. The first-order valence-electron chi connectivity index (χ1n) is 7.84. The highest BCUT2D eigenvalue weighted by atomic mass is 16.6. The summed E-state index contributed by atoms with van der Waals surface area (Å²) in [5.41, 5.74) is 5.63. The van der Waals surface area contributed by atoms with Crippen molar-refractivity contribution in [3.05, 3.63) is 10.1 Å². The second-order valence-electron chi connectivity index (χ2n) is 5.67. The molecule has 0 radical (unpaired) electrons. The predicted octanol–water partition coefficient (Wildman–Crippen LogP) is 1.43. The van der Waals surface area contributed by atoms with Crippen LogP contribution in [0.15, 0.2) is 0 Å². The molecule has 2 heterocycles. The number of hydrogen-bond donors (Lipinski definition) is 1. The SMILES string of the molecule is CCN(CC)c1nc(N)c([N+](=O)[O-])c(N2C[C@@H](C)O[C@@H](C)C2)n1. The fourth-order valence-electron chi connectivity index (χ4n) is 2.84. The second kappa shape index (κ2) is 6.95. The van der Waals surface area contributed by atoms with E-state index in [-0.39, 0.29) is 29.5 Å². The largest absolute Gasteiger partial charge is 0.378 e. The third-order valence-electron chi connectivity index (χ3n) is 3.83. The zero-order valence-corrected chi connectivity index (χ0v) is 14.0. The Morgan fingerprint density at radius 1 is 1.30 bits per heavy atom. The molecule has 1 aromatic heterocycles. The Labute approximate surface area is 135 Å². The third kappa shape index (κ3) is 3.61. The molecule has 1 aliphatic heterocycles. The van der Waals surface area contributed by atoms with E-state index in [0.29, 0.717) is 32.1 Å². The predicted molar refractivity (Wildman–Crippen MR) is 88.9 cm³/mol. The van der Waals surface area contributed by atoms with Gasteiger partial charge in [0.1, 0.15) is 0 Å². The summed E-state index contributed by atoms with van der Waals surface area (Å²) in [5, 5.41) is 11.4. The average molecular weight is 324 g/mol. The molecule has 9 heteroatoms. The number of hydrogen-bond acceptors (Lipinski definition) is 8. The van der Waals surface area contributed by atoms with Gasteiger partial charge in [0.2, 0.25) is 17.6 Å². The minimum Gasteiger partial charge on any atom is -0.378 e. The van der Waals surface area contributed by atoms with E-state index in [0.717, 1.165) is 0 Å². The van der Waals surface area contributed by atoms with Gasteiger partial charge in [-0.3, -0.25) is 10.1 Å². The van der Waals surface area contributed by atoms with E-state index in [9.17, 15) is 10.1 Å². The molecular weight excluding hydrogens is 300 g/mol. The van der Waals surface area contributed by atoms with E-state index in [1.54, 1.807) is 0 Å². The van der Waals surface area contributed by atoms with Crippen molar-refractivity contribution >= 4 is 23.3 Å². The lowest BCUT2D eigenvalue weighted by molar-refractivity contribution is -0.383. The number of rotatable bonds is 5. The van der Waals surface area contributed by atoms with Crippen molar-refractivity contribution < 1.29 is 9.66 Å². The first-order valence-corrected chi connectivity index (χ1v) is 7.84. The van der Waals surface area contributed by atoms with Crippen molar-refractivity contribution in [2.24, 2.45) is 0 Å². The van der Waals surface area contributed by atoms with Crippen LogP contribution in [0, 0.1) is 10.1 Å². The molecular formula is C14H24N6O3. The van der Waals surface area contributed by atoms with Crippen molar-refractivity contribution in [2.75, 3.05) is 41.7 Å². The van der Waals surface area contributed by atoms with Crippen LogP contribution in [0.25, 0.3) is 0 Å². The summed E-state index contributed by atoms with van der Waals surface area (Å²) in [6.45, 7) is 10.3. The van der Waals surface area contributed by atoms with Crippen LogP contribution in [-0.2, 0) is 4.74 Å². The first-order chi connectivity index (χ1) is 10.9. The van der Waals surface area contributed by atoms with Crippen molar-refractivity contribution in [3.63, 3.8) is 0 Å². The van der Waals surface area contributed by atoms with Gasteiger partial charge < -0.3 is 20.3 Å². The van der Waals surface area contributed by atoms with Crippen LogP contribution in [0.2, 0.25) is 0 Å². The molecule has 0 unspecified atom stereocenters. The van der Waals surface area contributed by atoms with Gasteiger partial charge in [-0.2, -0.15) is 9.97 Å². The van der Waals surface area contributed by atoms with Gasteiger partial charge in [0.05, 0.1) is 17.1 Å². The molecule has 128 valence electrons. The summed E-state index contributed by atoms with van der Waals surface area (Å²) in [6, 6.07) is 0. The molecule has 1 fully saturated rings. The number of nitrogen functional groups attached to an aromatic ring is 1. The maximum Gasteiger partial charge on any atom is 0.353 e. The minimum atomic E-state index is -0.512. The number of nitrogens with zero attached hydrogens (tertiary/aromatic N) is 5. The summed E-state index contributed by atoms with van der Waals surface area (Å²) >= 11 is 0. The lowest BCUT2D eigenvalue weighted by atomic mass is 10.2. The molecule has 2 N–H and O–H groups in total. The first kappa shape index (κ1) is 17.2. The van der Waals surface area contributed by atoms with E-state index in [1.165, 1.54) is 0 Å². The van der Waals surface area contributed by atoms with Crippen LogP contribution in [0.1, 0.15) is 27.7 Å². The summed E-state index contributed by atoms with van der Waals surface area (Å²) in [6.07, 6.45) is -0.0714. The van der Waals surface area contributed by atoms with Crippen molar-refractivity contribution in [3.8, 4) is 0 Å². The summed E-state index contributed by atoms with van der Waals surface area (Å²) in [7, 11) is 0. The molecule has 2 rings (SSSR count). The highest BCUT2D eigenvalue weighted by Crippen LogP contribution is 2.34. The van der Waals surface area contributed by atoms with Crippen LogP contribution >= 0.6 is 0 Å². The molecule has 0 spiro atoms. The number of anilines is 3. The monoisotopic (exact) mass is 324 g/mol. The Bertz CT molecular complexity index is 568. The smallest absolute Gasteiger partial charge is 0.353 e. The summed E-state index contributed by atoms with van der Waals surface area (Å²) in [5.74, 6) is 0.583. The average Bonchev–Trinajstić information content (AvgIpc) is 2.46. The van der Waals surface area contributed by atoms with Crippen LogP contribution in [-0.4, -0.2) is 53.3 Å². The minimum absolute atomic E-state index is 0.0357. The number of morpholine rings is 1. The fraction of sp³-hybridized carbons (Fsp3) is 0.714. The molecule has 0 aromatic carbocycles. The quantitative estimate of drug-likeness (QED) is 0.639. The molecule has 9 nitrogen and oxygen atoms in total. The van der Waals surface area contributed by atoms with Gasteiger partial charge in [-0.05, 0) is 27.7 Å². The van der Waals surface area contributed by atoms with Crippen LogP contribution in [0.5, 0.6) is 0 Å². The highest BCUT2D eigenvalue weighted by molar-refractivity contribution is 5.71. The van der Waals surface area contributed by atoms with Gasteiger partial charge in [-0.25, -0.2) is 0 Å². The summed E-state index contributed by atoms with van der Waals surface area (Å²) in [4.78, 5) is 23.3. The highest BCUT2D eigenvalue weighted by Gasteiger charge is 2.32. The Morgan fingerprint density at radius 3 is 2.35 bits per heavy atom. The van der Waals surface area contributed by atoms with Gasteiger partial charge >= 0.3 is 5.69 Å². The molecule has 0 aliphatic carbocycles. The fourth-order valence-corrected chi connectivity index (χ4v) is 2.84. The van der Waals surface area contributed by atoms with E-state index in [4.69, 9.17) is 10.5 Å². The zero-order chi connectivity index (χ0) is 17.1. The van der Waals surface area contributed by atoms with Crippen LogP contribution < -0.4 is 15.5 Å². The molecule has 2 atom stereocenters. The van der Waals surface area contributed by atoms with Crippen LogP contribution in [0.3, 0.4) is 0 Å². The topological polar surface area (TPSA) is 111 Å². The molecule has 1 saturated heterocycles. The third-order valence-corrected chi connectivity index (χ3v) is 3.83. The van der Waals surface area contributed by atoms with Gasteiger partial charge in [0, 0.05) is 26.2 Å². The van der Waals surface area contributed by atoms with Gasteiger partial charge in [0.15, 0.2) is 0 Å². The molecule has 23 heavy (non-hydrogen) atoms. The molecule has 0 saturated carbocycles. The zero-order valence-electron chi connectivity index (χ0n) is 14.0. The van der Waals surface area contributed by atoms with Gasteiger partial charge in [-0.15, -0.1) is 0 Å².